The van der Waals surface area contributed by atoms with Crippen molar-refractivity contribution in [3.05, 3.63) is 11.1 Å². The number of hydrogen-bond acceptors (Lipinski definition) is 4. The van der Waals surface area contributed by atoms with Crippen LogP contribution in [0.3, 0.4) is 0 Å². The summed E-state index contributed by atoms with van der Waals surface area (Å²) in [4.78, 5) is 7.20. The van der Waals surface area contributed by atoms with Crippen molar-refractivity contribution < 1.29 is 0 Å². The van der Waals surface area contributed by atoms with Crippen LogP contribution in [-0.2, 0) is 6.54 Å². The summed E-state index contributed by atoms with van der Waals surface area (Å²) in [7, 11) is 0. The molecule has 0 aliphatic carbocycles. The molecular weight excluding hydrogens is 230 g/mol. The predicted molar refractivity (Wildman–Crippen MR) is 74.7 cm³/mol. The average Bonchev–Trinajstić information content (AvgIpc) is 2.75. The predicted octanol–water partition coefficient (Wildman–Crippen LogP) is 2.88. The highest BCUT2D eigenvalue weighted by Crippen LogP contribution is 2.29. The van der Waals surface area contributed by atoms with Crippen LogP contribution in [-0.4, -0.2) is 24.1 Å². The van der Waals surface area contributed by atoms with Crippen LogP contribution < -0.4 is 10.2 Å². The van der Waals surface area contributed by atoms with Gasteiger partial charge in [0.2, 0.25) is 0 Å². The van der Waals surface area contributed by atoms with Crippen LogP contribution in [0.15, 0.2) is 5.38 Å². The SMILES string of the molecule is CCNCc1csc(N2CCC(C)CC2C)n1. The number of piperidine rings is 1. The minimum absolute atomic E-state index is 0.636. The molecule has 3 nitrogen and oxygen atoms in total. The lowest BCUT2D eigenvalue weighted by Gasteiger charge is -2.36. The fourth-order valence-electron chi connectivity index (χ4n) is 2.45. The van der Waals surface area contributed by atoms with Crippen molar-refractivity contribution in [1.29, 1.82) is 0 Å². The smallest absolute Gasteiger partial charge is 0.185 e. The zero-order valence-corrected chi connectivity index (χ0v) is 11.9. The second-order valence-electron chi connectivity index (χ2n) is 5.07. The van der Waals surface area contributed by atoms with Gasteiger partial charge in [-0.3, -0.25) is 0 Å². The Kier molecular flexibility index (Phi) is 4.40. The maximum absolute atomic E-state index is 4.73. The van der Waals surface area contributed by atoms with Crippen LogP contribution in [0.4, 0.5) is 5.13 Å². The van der Waals surface area contributed by atoms with Crippen LogP contribution >= 0.6 is 11.3 Å². The van der Waals surface area contributed by atoms with Crippen molar-refractivity contribution >= 4 is 16.5 Å². The van der Waals surface area contributed by atoms with Crippen LogP contribution in [0.2, 0.25) is 0 Å². The van der Waals surface area contributed by atoms with E-state index >= 15 is 0 Å². The number of nitrogens with zero attached hydrogens (tertiary/aromatic N) is 2. The number of anilines is 1. The van der Waals surface area contributed by atoms with E-state index in [4.69, 9.17) is 4.98 Å². The third-order valence-electron chi connectivity index (χ3n) is 3.48. The molecule has 17 heavy (non-hydrogen) atoms. The largest absolute Gasteiger partial charge is 0.345 e. The summed E-state index contributed by atoms with van der Waals surface area (Å²) >= 11 is 1.79. The molecule has 0 saturated carbocycles. The Bertz CT molecular complexity index is 350. The Morgan fingerprint density at radius 2 is 2.35 bits per heavy atom. The van der Waals surface area contributed by atoms with Crippen LogP contribution in [0, 0.1) is 5.92 Å². The molecule has 2 unspecified atom stereocenters. The molecule has 2 atom stereocenters. The highest BCUT2D eigenvalue weighted by atomic mass is 32.1. The van der Waals surface area contributed by atoms with E-state index in [0.29, 0.717) is 6.04 Å². The van der Waals surface area contributed by atoms with E-state index in [1.807, 2.05) is 0 Å². The number of rotatable bonds is 4. The third kappa shape index (κ3) is 3.19. The molecule has 1 aliphatic rings. The molecule has 2 rings (SSSR count). The van der Waals surface area contributed by atoms with Gasteiger partial charge in [-0.25, -0.2) is 4.98 Å². The molecule has 1 aromatic heterocycles. The van der Waals surface area contributed by atoms with E-state index in [2.05, 4.69) is 36.4 Å². The first kappa shape index (κ1) is 12.8. The topological polar surface area (TPSA) is 28.2 Å². The molecule has 0 amide bonds. The van der Waals surface area contributed by atoms with Gasteiger partial charge in [-0.2, -0.15) is 0 Å². The van der Waals surface area contributed by atoms with E-state index in [9.17, 15) is 0 Å². The summed E-state index contributed by atoms with van der Waals surface area (Å²) in [5.74, 6) is 0.863. The highest BCUT2D eigenvalue weighted by molar-refractivity contribution is 7.13. The molecule has 1 N–H and O–H groups in total. The zero-order valence-electron chi connectivity index (χ0n) is 11.1. The fraction of sp³-hybridized carbons (Fsp3) is 0.769. The van der Waals surface area contributed by atoms with Crippen molar-refractivity contribution in [3.63, 3.8) is 0 Å². The second-order valence-corrected chi connectivity index (χ2v) is 5.91. The molecule has 0 bridgehead atoms. The van der Waals surface area contributed by atoms with Crippen molar-refractivity contribution in [2.24, 2.45) is 5.92 Å². The molecule has 1 fully saturated rings. The van der Waals surface area contributed by atoms with Crippen molar-refractivity contribution in [2.75, 3.05) is 18.0 Å². The lowest BCUT2D eigenvalue weighted by atomic mass is 9.94. The van der Waals surface area contributed by atoms with Gasteiger partial charge in [0, 0.05) is 24.5 Å². The van der Waals surface area contributed by atoms with E-state index in [1.54, 1.807) is 11.3 Å². The van der Waals surface area contributed by atoms with Crippen LogP contribution in [0.25, 0.3) is 0 Å². The molecule has 0 spiro atoms. The Morgan fingerprint density at radius 3 is 3.06 bits per heavy atom. The molecule has 1 saturated heterocycles. The van der Waals surface area contributed by atoms with Gasteiger partial charge in [0.05, 0.1) is 5.69 Å². The van der Waals surface area contributed by atoms with E-state index in [-0.39, 0.29) is 0 Å². The van der Waals surface area contributed by atoms with Gasteiger partial charge in [0.25, 0.3) is 0 Å². The summed E-state index contributed by atoms with van der Waals surface area (Å²) in [6, 6.07) is 0.636. The lowest BCUT2D eigenvalue weighted by Crippen LogP contribution is -2.40. The standard InChI is InChI=1S/C13H23N3S/c1-4-14-8-12-9-17-13(15-12)16-6-5-10(2)7-11(16)3/h9-11,14H,4-8H2,1-3H3. The van der Waals surface area contributed by atoms with Gasteiger partial charge in [-0.05, 0) is 32.2 Å². The minimum Gasteiger partial charge on any atom is -0.345 e. The second kappa shape index (κ2) is 5.83. The Morgan fingerprint density at radius 1 is 1.53 bits per heavy atom. The molecule has 96 valence electrons. The maximum atomic E-state index is 4.73. The van der Waals surface area contributed by atoms with Gasteiger partial charge < -0.3 is 10.2 Å². The molecule has 1 aliphatic heterocycles. The van der Waals surface area contributed by atoms with Crippen molar-refractivity contribution in [3.8, 4) is 0 Å². The minimum atomic E-state index is 0.636. The van der Waals surface area contributed by atoms with Crippen LogP contribution in [0.1, 0.15) is 39.3 Å². The Labute approximate surface area is 108 Å². The normalized spacial score (nSPS) is 25.2. The fourth-order valence-corrected chi connectivity index (χ4v) is 3.41. The Hall–Kier alpha value is -0.610. The first-order valence-electron chi connectivity index (χ1n) is 6.62. The average molecular weight is 253 g/mol. The molecule has 0 radical (unpaired) electrons. The highest BCUT2D eigenvalue weighted by Gasteiger charge is 2.24. The summed E-state index contributed by atoms with van der Waals surface area (Å²) in [6.45, 7) is 9.86. The van der Waals surface area contributed by atoms with Gasteiger partial charge in [0.15, 0.2) is 5.13 Å². The number of thiazole rings is 1. The summed E-state index contributed by atoms with van der Waals surface area (Å²) in [6.07, 6.45) is 2.59. The Balaban J connectivity index is 1.99. The van der Waals surface area contributed by atoms with Crippen molar-refractivity contribution in [1.82, 2.24) is 10.3 Å². The van der Waals surface area contributed by atoms with E-state index < -0.39 is 0 Å². The first-order valence-corrected chi connectivity index (χ1v) is 7.50. The van der Waals surface area contributed by atoms with Gasteiger partial charge in [-0.1, -0.05) is 13.8 Å². The van der Waals surface area contributed by atoms with Gasteiger partial charge in [-0.15, -0.1) is 11.3 Å². The molecular formula is C13H23N3S. The molecule has 2 heterocycles. The summed E-state index contributed by atoms with van der Waals surface area (Å²) in [5.41, 5.74) is 1.18. The molecule has 0 aromatic carbocycles. The van der Waals surface area contributed by atoms with E-state index in [0.717, 1.165) is 25.6 Å². The molecule has 1 aromatic rings. The monoisotopic (exact) mass is 253 g/mol. The maximum Gasteiger partial charge on any atom is 0.185 e. The number of nitrogens with one attached hydrogen (secondary N) is 1. The third-order valence-corrected chi connectivity index (χ3v) is 4.41. The summed E-state index contributed by atoms with van der Waals surface area (Å²) in [5, 5.41) is 6.71. The number of aromatic nitrogens is 1. The molecule has 4 heteroatoms. The van der Waals surface area contributed by atoms with Crippen molar-refractivity contribution in [2.45, 2.75) is 46.2 Å². The van der Waals surface area contributed by atoms with Gasteiger partial charge >= 0.3 is 0 Å². The zero-order chi connectivity index (χ0) is 12.3. The lowest BCUT2D eigenvalue weighted by molar-refractivity contribution is 0.377. The first-order chi connectivity index (χ1) is 8.20. The van der Waals surface area contributed by atoms with Crippen LogP contribution in [0.5, 0.6) is 0 Å². The van der Waals surface area contributed by atoms with E-state index in [1.165, 1.54) is 23.7 Å². The number of hydrogen-bond donors (Lipinski definition) is 1. The van der Waals surface area contributed by atoms with Gasteiger partial charge in [0.1, 0.15) is 0 Å². The summed E-state index contributed by atoms with van der Waals surface area (Å²) < 4.78 is 0. The quantitative estimate of drug-likeness (QED) is 0.894.